The number of hydrogen-bond donors (Lipinski definition) is 1. The molecule has 2 atom stereocenters. The molecular weight excluding hydrogens is 117 g/mol. The minimum absolute atomic E-state index is 0.277. The summed E-state index contributed by atoms with van der Waals surface area (Å²) >= 11 is 0. The molecule has 1 aliphatic rings. The zero-order valence-corrected chi connectivity index (χ0v) is 5.86. The molecule has 0 bridgehead atoms. The van der Waals surface area contributed by atoms with E-state index < -0.39 is 6.17 Å². The Kier molecular flexibility index (Phi) is 2.46. The van der Waals surface area contributed by atoms with Crippen LogP contribution in [0.5, 0.6) is 0 Å². The van der Waals surface area contributed by atoms with Crippen LogP contribution in [0.2, 0.25) is 0 Å². The average molecular weight is 131 g/mol. The van der Waals surface area contributed by atoms with Crippen LogP contribution in [0, 0.1) is 5.92 Å². The highest BCUT2D eigenvalue weighted by Crippen LogP contribution is 2.15. The van der Waals surface area contributed by atoms with E-state index in [9.17, 15) is 4.39 Å². The fraction of sp³-hybridized carbons (Fsp3) is 1.00. The first-order valence-corrected chi connectivity index (χ1v) is 3.65. The Morgan fingerprint density at radius 1 is 1.67 bits per heavy atom. The van der Waals surface area contributed by atoms with Crippen molar-refractivity contribution in [1.82, 2.24) is 5.32 Å². The first-order chi connectivity index (χ1) is 4.30. The Hall–Kier alpha value is -0.110. The fourth-order valence-electron chi connectivity index (χ4n) is 1.27. The summed E-state index contributed by atoms with van der Waals surface area (Å²) in [5, 5.41) is 3.18. The largest absolute Gasteiger partial charge is 0.316 e. The van der Waals surface area contributed by atoms with Gasteiger partial charge >= 0.3 is 0 Å². The van der Waals surface area contributed by atoms with E-state index in [1.54, 1.807) is 6.92 Å². The lowest BCUT2D eigenvalue weighted by molar-refractivity contribution is 0.209. The zero-order chi connectivity index (χ0) is 6.69. The van der Waals surface area contributed by atoms with Crippen LogP contribution in [-0.2, 0) is 0 Å². The van der Waals surface area contributed by atoms with Gasteiger partial charge in [-0.05, 0) is 26.3 Å². The van der Waals surface area contributed by atoms with Gasteiger partial charge in [-0.15, -0.1) is 0 Å². The molecule has 0 amide bonds. The summed E-state index contributed by atoms with van der Waals surface area (Å²) in [6, 6.07) is 0. The number of nitrogens with one attached hydrogen (secondary N) is 1. The summed E-state index contributed by atoms with van der Waals surface area (Å²) in [5.74, 6) is 0.277. The molecule has 0 aromatic carbocycles. The van der Waals surface area contributed by atoms with E-state index in [2.05, 4.69) is 5.32 Å². The molecule has 9 heavy (non-hydrogen) atoms. The number of rotatable bonds is 1. The second-order valence-electron chi connectivity index (χ2n) is 2.78. The molecule has 0 spiro atoms. The van der Waals surface area contributed by atoms with Gasteiger partial charge in [-0.3, -0.25) is 0 Å². The summed E-state index contributed by atoms with van der Waals surface area (Å²) in [4.78, 5) is 0. The van der Waals surface area contributed by atoms with Crippen LogP contribution in [0.1, 0.15) is 19.8 Å². The molecule has 1 aliphatic heterocycles. The number of alkyl halides is 1. The number of halogens is 1. The van der Waals surface area contributed by atoms with E-state index in [0.717, 1.165) is 25.9 Å². The molecule has 0 aliphatic carbocycles. The van der Waals surface area contributed by atoms with Crippen LogP contribution in [0.15, 0.2) is 0 Å². The molecule has 1 nitrogen and oxygen atoms in total. The topological polar surface area (TPSA) is 12.0 Å². The first kappa shape index (κ1) is 7.00. The Morgan fingerprint density at radius 3 is 2.78 bits per heavy atom. The van der Waals surface area contributed by atoms with Crippen molar-refractivity contribution in [3.05, 3.63) is 0 Å². The van der Waals surface area contributed by atoms with Gasteiger partial charge in [0.15, 0.2) is 0 Å². The molecule has 1 saturated heterocycles. The normalized spacial score (nSPS) is 32.0. The highest BCUT2D eigenvalue weighted by atomic mass is 19.1. The lowest BCUT2D eigenvalue weighted by Crippen LogP contribution is -2.33. The second-order valence-corrected chi connectivity index (χ2v) is 2.78. The average Bonchev–Trinajstić information content (AvgIpc) is 1.90. The van der Waals surface area contributed by atoms with Crippen LogP contribution in [0.25, 0.3) is 0 Å². The van der Waals surface area contributed by atoms with Gasteiger partial charge in [-0.2, -0.15) is 0 Å². The molecule has 0 saturated carbocycles. The molecule has 1 fully saturated rings. The smallest absolute Gasteiger partial charge is 0.101 e. The van der Waals surface area contributed by atoms with Crippen molar-refractivity contribution in [2.45, 2.75) is 25.9 Å². The van der Waals surface area contributed by atoms with Crippen LogP contribution in [0.4, 0.5) is 4.39 Å². The predicted octanol–water partition coefficient (Wildman–Crippen LogP) is 1.34. The van der Waals surface area contributed by atoms with Crippen molar-refractivity contribution in [1.29, 1.82) is 0 Å². The predicted molar refractivity (Wildman–Crippen MR) is 36.2 cm³/mol. The standard InChI is InChI=1S/C7H14FN/c1-6(8)7-3-2-4-9-5-7/h6-7,9H,2-5H2,1H3. The first-order valence-electron chi connectivity index (χ1n) is 3.65. The number of piperidine rings is 1. The molecule has 0 aromatic rings. The van der Waals surface area contributed by atoms with Gasteiger partial charge in [0.2, 0.25) is 0 Å². The maximum atomic E-state index is 12.5. The Balaban J connectivity index is 2.23. The molecule has 1 rings (SSSR count). The Morgan fingerprint density at radius 2 is 2.44 bits per heavy atom. The minimum Gasteiger partial charge on any atom is -0.316 e. The fourth-order valence-corrected chi connectivity index (χ4v) is 1.27. The van der Waals surface area contributed by atoms with E-state index in [1.165, 1.54) is 0 Å². The van der Waals surface area contributed by atoms with Gasteiger partial charge in [0.05, 0.1) is 0 Å². The van der Waals surface area contributed by atoms with Crippen molar-refractivity contribution in [3.8, 4) is 0 Å². The van der Waals surface area contributed by atoms with Crippen molar-refractivity contribution >= 4 is 0 Å². The van der Waals surface area contributed by atoms with E-state index in [0.29, 0.717) is 0 Å². The van der Waals surface area contributed by atoms with Crippen LogP contribution in [0.3, 0.4) is 0 Å². The number of hydrogen-bond acceptors (Lipinski definition) is 1. The van der Waals surface area contributed by atoms with Gasteiger partial charge in [-0.1, -0.05) is 0 Å². The van der Waals surface area contributed by atoms with Gasteiger partial charge < -0.3 is 5.32 Å². The summed E-state index contributed by atoms with van der Waals surface area (Å²) in [7, 11) is 0. The molecule has 0 radical (unpaired) electrons. The van der Waals surface area contributed by atoms with Crippen molar-refractivity contribution < 1.29 is 4.39 Å². The summed E-state index contributed by atoms with van der Waals surface area (Å²) < 4.78 is 12.5. The zero-order valence-electron chi connectivity index (χ0n) is 5.86. The third-order valence-corrected chi connectivity index (χ3v) is 1.98. The van der Waals surface area contributed by atoms with Crippen molar-refractivity contribution in [2.75, 3.05) is 13.1 Å². The Bertz CT molecular complexity index is 77.0. The lowest BCUT2D eigenvalue weighted by Gasteiger charge is -2.23. The molecular formula is C7H14FN. The molecule has 2 heteroatoms. The maximum Gasteiger partial charge on any atom is 0.101 e. The summed E-state index contributed by atoms with van der Waals surface area (Å²) in [6.45, 7) is 3.60. The van der Waals surface area contributed by atoms with Gasteiger partial charge in [0, 0.05) is 12.5 Å². The van der Waals surface area contributed by atoms with Crippen molar-refractivity contribution in [2.24, 2.45) is 5.92 Å². The van der Waals surface area contributed by atoms with Crippen LogP contribution in [-0.4, -0.2) is 19.3 Å². The highest BCUT2D eigenvalue weighted by Gasteiger charge is 2.18. The molecule has 1 heterocycles. The van der Waals surface area contributed by atoms with E-state index in [-0.39, 0.29) is 5.92 Å². The van der Waals surface area contributed by atoms with Gasteiger partial charge in [0.1, 0.15) is 6.17 Å². The van der Waals surface area contributed by atoms with Crippen LogP contribution < -0.4 is 5.32 Å². The van der Waals surface area contributed by atoms with E-state index >= 15 is 0 Å². The Labute approximate surface area is 55.6 Å². The lowest BCUT2D eigenvalue weighted by atomic mass is 9.96. The quantitative estimate of drug-likeness (QED) is 0.566. The summed E-state index contributed by atoms with van der Waals surface area (Å²) in [6.07, 6.45) is 1.57. The summed E-state index contributed by atoms with van der Waals surface area (Å²) in [5.41, 5.74) is 0. The molecule has 2 unspecified atom stereocenters. The third kappa shape index (κ3) is 1.94. The molecule has 1 N–H and O–H groups in total. The molecule has 0 aromatic heterocycles. The van der Waals surface area contributed by atoms with Gasteiger partial charge in [0.25, 0.3) is 0 Å². The van der Waals surface area contributed by atoms with Gasteiger partial charge in [-0.25, -0.2) is 4.39 Å². The van der Waals surface area contributed by atoms with E-state index in [1.807, 2.05) is 0 Å². The van der Waals surface area contributed by atoms with E-state index in [4.69, 9.17) is 0 Å². The van der Waals surface area contributed by atoms with Crippen molar-refractivity contribution in [3.63, 3.8) is 0 Å². The monoisotopic (exact) mass is 131 g/mol. The maximum absolute atomic E-state index is 12.5. The minimum atomic E-state index is -0.627. The SMILES string of the molecule is CC(F)C1CCCNC1. The molecule has 54 valence electrons. The third-order valence-electron chi connectivity index (χ3n) is 1.98. The second kappa shape index (κ2) is 3.16. The van der Waals surface area contributed by atoms with Crippen LogP contribution >= 0.6 is 0 Å². The highest BCUT2D eigenvalue weighted by molar-refractivity contribution is 4.72.